The Balaban J connectivity index is 1.74. The Morgan fingerprint density at radius 1 is 1.20 bits per heavy atom. The van der Waals surface area contributed by atoms with Gasteiger partial charge in [-0.3, -0.25) is 4.68 Å². The quantitative estimate of drug-likeness (QED) is 0.727. The smallest absolute Gasteiger partial charge is 0.133 e. The molecule has 0 aliphatic carbocycles. The highest BCUT2D eigenvalue weighted by Crippen LogP contribution is 2.23. The molecule has 4 nitrogen and oxygen atoms in total. The molecular weight excluding hydrogens is 250 g/mol. The van der Waals surface area contributed by atoms with E-state index in [0.29, 0.717) is 0 Å². The molecule has 4 heteroatoms. The second kappa shape index (κ2) is 5.25. The van der Waals surface area contributed by atoms with Gasteiger partial charge in [0.05, 0.1) is 12.5 Å². The summed E-state index contributed by atoms with van der Waals surface area (Å²) in [4.78, 5) is 2.20. The number of nitrogens with zero attached hydrogens (tertiary/aromatic N) is 3. The van der Waals surface area contributed by atoms with E-state index in [0.717, 1.165) is 17.9 Å². The topological polar surface area (TPSA) is 34.2 Å². The fourth-order valence-corrected chi connectivity index (χ4v) is 2.24. The summed E-state index contributed by atoms with van der Waals surface area (Å²) in [5, 5.41) is 4.19. The Hall–Kier alpha value is -2.49. The van der Waals surface area contributed by atoms with Crippen LogP contribution in [-0.4, -0.2) is 16.8 Å². The van der Waals surface area contributed by atoms with Crippen LogP contribution in [0.15, 0.2) is 59.5 Å². The van der Waals surface area contributed by atoms with Crippen molar-refractivity contribution in [3.63, 3.8) is 0 Å². The highest BCUT2D eigenvalue weighted by molar-refractivity contribution is 5.61. The summed E-state index contributed by atoms with van der Waals surface area (Å²) >= 11 is 0. The Morgan fingerprint density at radius 3 is 2.60 bits per heavy atom. The van der Waals surface area contributed by atoms with Crippen LogP contribution in [0.5, 0.6) is 0 Å². The minimum Gasteiger partial charge on any atom is -0.464 e. The van der Waals surface area contributed by atoms with E-state index in [2.05, 4.69) is 41.3 Å². The molecule has 0 atom stereocenters. The average Bonchev–Trinajstić information content (AvgIpc) is 3.11. The van der Waals surface area contributed by atoms with E-state index in [1.54, 1.807) is 6.26 Å². The number of hydrogen-bond donors (Lipinski definition) is 0. The number of hydrogen-bond acceptors (Lipinski definition) is 3. The van der Waals surface area contributed by atoms with Crippen molar-refractivity contribution in [1.82, 2.24) is 9.78 Å². The summed E-state index contributed by atoms with van der Waals surface area (Å²) in [6.07, 6.45) is 5.62. The van der Waals surface area contributed by atoms with Crippen LogP contribution in [0, 0.1) is 0 Å². The molecule has 0 spiro atoms. The van der Waals surface area contributed by atoms with E-state index in [4.69, 9.17) is 4.42 Å². The van der Waals surface area contributed by atoms with Gasteiger partial charge < -0.3 is 9.32 Å². The van der Waals surface area contributed by atoms with Crippen LogP contribution in [0.1, 0.15) is 5.56 Å². The van der Waals surface area contributed by atoms with Crippen LogP contribution in [-0.2, 0) is 13.6 Å². The fraction of sp³-hybridized carbons (Fsp3) is 0.188. The van der Waals surface area contributed by atoms with Crippen molar-refractivity contribution in [2.75, 3.05) is 11.9 Å². The van der Waals surface area contributed by atoms with Crippen molar-refractivity contribution in [3.8, 4) is 11.3 Å². The Bertz CT molecular complexity index is 668. The van der Waals surface area contributed by atoms with Gasteiger partial charge in [0, 0.05) is 43.7 Å². The fourth-order valence-electron chi connectivity index (χ4n) is 2.24. The minimum atomic E-state index is 0.841. The van der Waals surface area contributed by atoms with Crippen LogP contribution in [0.2, 0.25) is 0 Å². The van der Waals surface area contributed by atoms with Gasteiger partial charge in [-0.2, -0.15) is 5.10 Å². The van der Waals surface area contributed by atoms with Gasteiger partial charge in [-0.05, 0) is 36.4 Å². The first kappa shape index (κ1) is 12.5. The van der Waals surface area contributed by atoms with E-state index in [-0.39, 0.29) is 0 Å². The number of rotatable bonds is 4. The number of furan rings is 1. The van der Waals surface area contributed by atoms with E-state index >= 15 is 0 Å². The molecule has 0 bridgehead atoms. The van der Waals surface area contributed by atoms with Gasteiger partial charge in [-0.25, -0.2) is 0 Å². The number of aromatic nitrogens is 2. The summed E-state index contributed by atoms with van der Waals surface area (Å²) < 4.78 is 7.22. The predicted octanol–water partition coefficient (Wildman–Crippen LogP) is 3.32. The standard InChI is InChI=1S/C16H17N3O/c1-18(11-13-10-17-19(2)12-13)15-7-5-14(6-8-15)16-4-3-9-20-16/h3-10,12H,11H2,1-2H3. The molecule has 0 saturated carbocycles. The molecule has 0 fully saturated rings. The van der Waals surface area contributed by atoms with Crippen LogP contribution >= 0.6 is 0 Å². The molecule has 2 aromatic heterocycles. The summed E-state index contributed by atoms with van der Waals surface area (Å²) in [5.74, 6) is 0.895. The van der Waals surface area contributed by atoms with Crippen molar-refractivity contribution in [2.45, 2.75) is 6.54 Å². The molecule has 20 heavy (non-hydrogen) atoms. The summed E-state index contributed by atoms with van der Waals surface area (Å²) in [7, 11) is 4.01. The molecule has 3 aromatic rings. The molecule has 2 heterocycles. The lowest BCUT2D eigenvalue weighted by Gasteiger charge is -2.18. The van der Waals surface area contributed by atoms with E-state index in [9.17, 15) is 0 Å². The first-order chi connectivity index (χ1) is 9.72. The van der Waals surface area contributed by atoms with E-state index in [1.165, 1.54) is 11.3 Å². The average molecular weight is 267 g/mol. The monoisotopic (exact) mass is 267 g/mol. The normalized spacial score (nSPS) is 10.7. The molecule has 1 aromatic carbocycles. The second-order valence-corrected chi connectivity index (χ2v) is 4.90. The van der Waals surface area contributed by atoms with Gasteiger partial charge in [-0.15, -0.1) is 0 Å². The van der Waals surface area contributed by atoms with E-state index in [1.807, 2.05) is 36.3 Å². The van der Waals surface area contributed by atoms with Crippen molar-refractivity contribution >= 4 is 5.69 Å². The van der Waals surface area contributed by atoms with Gasteiger partial charge >= 0.3 is 0 Å². The van der Waals surface area contributed by atoms with Gasteiger partial charge in [-0.1, -0.05) is 0 Å². The zero-order chi connectivity index (χ0) is 13.9. The number of aryl methyl sites for hydroxylation is 1. The molecule has 102 valence electrons. The summed E-state index contributed by atoms with van der Waals surface area (Å²) in [6, 6.07) is 12.2. The van der Waals surface area contributed by atoms with Crippen molar-refractivity contribution in [2.24, 2.45) is 7.05 Å². The lowest BCUT2D eigenvalue weighted by atomic mass is 10.1. The maximum absolute atomic E-state index is 5.39. The van der Waals surface area contributed by atoms with Gasteiger partial charge in [0.15, 0.2) is 0 Å². The third-order valence-corrected chi connectivity index (χ3v) is 3.29. The number of benzene rings is 1. The highest BCUT2D eigenvalue weighted by Gasteiger charge is 2.05. The third kappa shape index (κ3) is 2.59. The Morgan fingerprint density at radius 2 is 2.00 bits per heavy atom. The summed E-state index contributed by atoms with van der Waals surface area (Å²) in [6.45, 7) is 0.841. The SMILES string of the molecule is CN(Cc1cnn(C)c1)c1ccc(-c2ccco2)cc1. The molecule has 0 N–H and O–H groups in total. The third-order valence-electron chi connectivity index (χ3n) is 3.29. The van der Waals surface area contributed by atoms with Crippen molar-refractivity contribution in [1.29, 1.82) is 0 Å². The van der Waals surface area contributed by atoms with Crippen LogP contribution in [0.3, 0.4) is 0 Å². The maximum atomic E-state index is 5.39. The first-order valence-electron chi connectivity index (χ1n) is 6.55. The Labute approximate surface area is 118 Å². The lowest BCUT2D eigenvalue weighted by molar-refractivity contribution is 0.582. The van der Waals surface area contributed by atoms with Gasteiger partial charge in [0.2, 0.25) is 0 Å². The van der Waals surface area contributed by atoms with Gasteiger partial charge in [0.1, 0.15) is 5.76 Å². The maximum Gasteiger partial charge on any atom is 0.133 e. The molecule has 0 unspecified atom stereocenters. The lowest BCUT2D eigenvalue weighted by Crippen LogP contribution is -2.15. The zero-order valence-electron chi connectivity index (χ0n) is 11.7. The van der Waals surface area contributed by atoms with Crippen LogP contribution in [0.4, 0.5) is 5.69 Å². The Kier molecular flexibility index (Phi) is 3.29. The molecule has 0 amide bonds. The predicted molar refractivity (Wildman–Crippen MR) is 79.5 cm³/mol. The molecular formula is C16H17N3O. The largest absolute Gasteiger partial charge is 0.464 e. The van der Waals surface area contributed by atoms with Crippen LogP contribution < -0.4 is 4.90 Å². The first-order valence-corrected chi connectivity index (χ1v) is 6.55. The zero-order valence-corrected chi connectivity index (χ0v) is 11.7. The minimum absolute atomic E-state index is 0.841. The molecule has 0 aliphatic rings. The van der Waals surface area contributed by atoms with Crippen LogP contribution in [0.25, 0.3) is 11.3 Å². The highest BCUT2D eigenvalue weighted by atomic mass is 16.3. The van der Waals surface area contributed by atoms with Crippen molar-refractivity contribution < 1.29 is 4.42 Å². The second-order valence-electron chi connectivity index (χ2n) is 4.90. The number of anilines is 1. The molecule has 3 rings (SSSR count). The molecule has 0 aliphatic heterocycles. The van der Waals surface area contributed by atoms with E-state index < -0.39 is 0 Å². The molecule has 0 saturated heterocycles. The van der Waals surface area contributed by atoms with Gasteiger partial charge in [0.25, 0.3) is 0 Å². The summed E-state index contributed by atoms with van der Waals surface area (Å²) in [5.41, 5.74) is 3.46. The van der Waals surface area contributed by atoms with Crippen molar-refractivity contribution in [3.05, 3.63) is 60.6 Å². The molecule has 0 radical (unpaired) electrons.